The first-order valence-corrected chi connectivity index (χ1v) is 5.67. The molecule has 2 N–H and O–H groups in total. The highest BCUT2D eigenvalue weighted by molar-refractivity contribution is 7.09. The van der Waals surface area contributed by atoms with Gasteiger partial charge in [-0.15, -0.1) is 11.3 Å². The predicted molar refractivity (Wildman–Crippen MR) is 62.3 cm³/mol. The number of anilines is 1. The maximum Gasteiger partial charge on any atom is 0.157 e. The van der Waals surface area contributed by atoms with Gasteiger partial charge in [0, 0.05) is 29.8 Å². The molecule has 0 saturated carbocycles. The van der Waals surface area contributed by atoms with Crippen molar-refractivity contribution >= 4 is 22.8 Å². The molecule has 0 atom stereocenters. The second kappa shape index (κ2) is 3.57. The number of fused-ring (bicyclic) bond motifs is 1. The highest BCUT2D eigenvalue weighted by Crippen LogP contribution is 2.14. The van der Waals surface area contributed by atoms with E-state index in [9.17, 15) is 0 Å². The zero-order valence-corrected chi connectivity index (χ0v) is 9.18. The number of hydrogen-bond acceptors (Lipinski definition) is 5. The Hall–Kier alpha value is -1.95. The van der Waals surface area contributed by atoms with Gasteiger partial charge >= 0.3 is 0 Å². The van der Waals surface area contributed by atoms with Crippen LogP contribution in [0.4, 0.5) is 5.82 Å². The Morgan fingerprint density at radius 2 is 2.38 bits per heavy atom. The van der Waals surface area contributed by atoms with Gasteiger partial charge in [-0.05, 0) is 6.07 Å². The number of nitrogen functional groups attached to an aromatic ring is 1. The van der Waals surface area contributed by atoms with Crippen molar-refractivity contribution < 1.29 is 0 Å². The SMILES string of the molecule is Nc1ccnc2cc(Cc3cncs3)nn12. The smallest absolute Gasteiger partial charge is 0.157 e. The van der Waals surface area contributed by atoms with Crippen LogP contribution in [0, 0.1) is 0 Å². The third kappa shape index (κ3) is 1.53. The number of aromatic nitrogens is 4. The summed E-state index contributed by atoms with van der Waals surface area (Å²) in [6.45, 7) is 0. The van der Waals surface area contributed by atoms with Crippen LogP contribution in [0.5, 0.6) is 0 Å². The molecule has 0 amide bonds. The first-order valence-electron chi connectivity index (χ1n) is 4.79. The third-order valence-electron chi connectivity index (χ3n) is 2.28. The first kappa shape index (κ1) is 9.29. The van der Waals surface area contributed by atoms with Crippen molar-refractivity contribution in [2.45, 2.75) is 6.42 Å². The maximum absolute atomic E-state index is 5.79. The highest BCUT2D eigenvalue weighted by atomic mass is 32.1. The fraction of sp³-hybridized carbons (Fsp3) is 0.100. The summed E-state index contributed by atoms with van der Waals surface area (Å²) in [5.41, 5.74) is 9.34. The lowest BCUT2D eigenvalue weighted by atomic mass is 10.3. The van der Waals surface area contributed by atoms with Gasteiger partial charge < -0.3 is 5.73 Å². The summed E-state index contributed by atoms with van der Waals surface area (Å²) < 4.78 is 1.65. The summed E-state index contributed by atoms with van der Waals surface area (Å²) in [4.78, 5) is 9.42. The van der Waals surface area contributed by atoms with Gasteiger partial charge in [0.15, 0.2) is 5.65 Å². The molecule has 0 radical (unpaired) electrons. The van der Waals surface area contributed by atoms with Gasteiger partial charge in [0.1, 0.15) is 5.82 Å². The number of nitrogens with two attached hydrogens (primary N) is 1. The van der Waals surface area contributed by atoms with Crippen molar-refractivity contribution in [3.63, 3.8) is 0 Å². The lowest BCUT2D eigenvalue weighted by Gasteiger charge is -1.95. The van der Waals surface area contributed by atoms with E-state index in [-0.39, 0.29) is 0 Å². The van der Waals surface area contributed by atoms with Crippen molar-refractivity contribution in [3.05, 3.63) is 40.6 Å². The van der Waals surface area contributed by atoms with E-state index < -0.39 is 0 Å². The summed E-state index contributed by atoms with van der Waals surface area (Å²) in [6.07, 6.45) is 4.31. The van der Waals surface area contributed by atoms with Crippen LogP contribution in [0.15, 0.2) is 30.0 Å². The van der Waals surface area contributed by atoms with Crippen LogP contribution in [-0.2, 0) is 6.42 Å². The minimum absolute atomic E-state index is 0.598. The number of rotatable bonds is 2. The quantitative estimate of drug-likeness (QED) is 0.723. The summed E-state index contributed by atoms with van der Waals surface area (Å²) in [5, 5.41) is 4.40. The molecule has 0 unspecified atom stereocenters. The average molecular weight is 231 g/mol. The predicted octanol–water partition coefficient (Wildman–Crippen LogP) is 1.36. The van der Waals surface area contributed by atoms with Gasteiger partial charge in [-0.3, -0.25) is 4.98 Å². The Morgan fingerprint density at radius 1 is 1.44 bits per heavy atom. The van der Waals surface area contributed by atoms with Crippen molar-refractivity contribution in [1.29, 1.82) is 0 Å². The highest BCUT2D eigenvalue weighted by Gasteiger charge is 2.06. The Kier molecular flexibility index (Phi) is 2.07. The van der Waals surface area contributed by atoms with E-state index in [2.05, 4.69) is 15.1 Å². The normalized spacial score (nSPS) is 11.0. The minimum atomic E-state index is 0.598. The molecule has 3 aromatic heterocycles. The Labute approximate surface area is 95.6 Å². The van der Waals surface area contributed by atoms with E-state index in [0.29, 0.717) is 5.82 Å². The van der Waals surface area contributed by atoms with Crippen LogP contribution in [0.1, 0.15) is 10.6 Å². The molecule has 6 heteroatoms. The Morgan fingerprint density at radius 3 is 3.12 bits per heavy atom. The second-order valence-corrected chi connectivity index (χ2v) is 4.39. The van der Waals surface area contributed by atoms with Gasteiger partial charge in [-0.25, -0.2) is 4.98 Å². The molecule has 0 aliphatic heterocycles. The molecule has 0 saturated heterocycles. The van der Waals surface area contributed by atoms with Crippen LogP contribution in [0.3, 0.4) is 0 Å². The van der Waals surface area contributed by atoms with Crippen LogP contribution < -0.4 is 5.73 Å². The summed E-state index contributed by atoms with van der Waals surface area (Å²) in [5.74, 6) is 0.598. The first-order chi connectivity index (χ1) is 7.83. The third-order valence-corrected chi connectivity index (χ3v) is 3.06. The maximum atomic E-state index is 5.79. The average Bonchev–Trinajstić information content (AvgIpc) is 2.88. The minimum Gasteiger partial charge on any atom is -0.384 e. The molecule has 80 valence electrons. The zero-order valence-electron chi connectivity index (χ0n) is 8.37. The van der Waals surface area contributed by atoms with E-state index in [1.807, 2.05) is 17.8 Å². The number of hydrogen-bond donors (Lipinski definition) is 1. The topological polar surface area (TPSA) is 69.1 Å². The molecule has 3 rings (SSSR count). The lowest BCUT2D eigenvalue weighted by molar-refractivity contribution is 0.909. The number of nitrogens with zero attached hydrogens (tertiary/aromatic N) is 4. The molecule has 0 fully saturated rings. The van der Waals surface area contributed by atoms with Gasteiger partial charge in [0.05, 0.1) is 11.2 Å². The van der Waals surface area contributed by atoms with Crippen molar-refractivity contribution in [2.24, 2.45) is 0 Å². The van der Waals surface area contributed by atoms with Gasteiger partial charge in [0.25, 0.3) is 0 Å². The Bertz CT molecular complexity index is 613. The summed E-state index contributed by atoms with van der Waals surface area (Å²) in [7, 11) is 0. The monoisotopic (exact) mass is 231 g/mol. The Balaban J connectivity index is 2.02. The fourth-order valence-electron chi connectivity index (χ4n) is 1.56. The molecule has 0 bridgehead atoms. The molecule has 0 aliphatic carbocycles. The largest absolute Gasteiger partial charge is 0.384 e. The van der Waals surface area contributed by atoms with Gasteiger partial charge in [-0.1, -0.05) is 0 Å². The van der Waals surface area contributed by atoms with Crippen molar-refractivity contribution in [3.8, 4) is 0 Å². The van der Waals surface area contributed by atoms with E-state index in [1.165, 1.54) is 4.88 Å². The molecular formula is C10H9N5S. The number of thiazole rings is 1. The van der Waals surface area contributed by atoms with Crippen LogP contribution in [0.2, 0.25) is 0 Å². The fourth-order valence-corrected chi connectivity index (χ4v) is 2.17. The lowest BCUT2D eigenvalue weighted by Crippen LogP contribution is -1.99. The standard InChI is InChI=1S/C10H9N5S/c11-9-1-2-13-10-4-7(14-15(9)10)3-8-5-12-6-16-8/h1-2,4-6H,3,11H2. The van der Waals surface area contributed by atoms with Crippen LogP contribution >= 0.6 is 11.3 Å². The van der Waals surface area contributed by atoms with E-state index in [4.69, 9.17) is 5.73 Å². The van der Waals surface area contributed by atoms with E-state index in [1.54, 1.807) is 28.1 Å². The molecule has 16 heavy (non-hydrogen) atoms. The molecule has 5 nitrogen and oxygen atoms in total. The molecule has 3 heterocycles. The van der Waals surface area contributed by atoms with Crippen molar-refractivity contribution in [2.75, 3.05) is 5.73 Å². The zero-order chi connectivity index (χ0) is 11.0. The second-order valence-electron chi connectivity index (χ2n) is 3.42. The molecule has 0 spiro atoms. The molecule has 3 aromatic rings. The van der Waals surface area contributed by atoms with Crippen LogP contribution in [0.25, 0.3) is 5.65 Å². The van der Waals surface area contributed by atoms with E-state index >= 15 is 0 Å². The van der Waals surface area contributed by atoms with Gasteiger partial charge in [0.2, 0.25) is 0 Å². The van der Waals surface area contributed by atoms with Crippen LogP contribution in [-0.4, -0.2) is 19.6 Å². The summed E-state index contributed by atoms with van der Waals surface area (Å²) in [6, 6.07) is 3.67. The van der Waals surface area contributed by atoms with Gasteiger partial charge in [-0.2, -0.15) is 9.61 Å². The van der Waals surface area contributed by atoms with E-state index in [0.717, 1.165) is 17.8 Å². The van der Waals surface area contributed by atoms with Crippen molar-refractivity contribution in [1.82, 2.24) is 19.6 Å². The molecule has 0 aromatic carbocycles. The summed E-state index contributed by atoms with van der Waals surface area (Å²) >= 11 is 1.62. The molecular weight excluding hydrogens is 222 g/mol. The molecule has 0 aliphatic rings.